The predicted octanol–water partition coefficient (Wildman–Crippen LogP) is 4.50. The highest BCUT2D eigenvalue weighted by molar-refractivity contribution is 7.99. The van der Waals surface area contributed by atoms with E-state index in [2.05, 4.69) is 20.8 Å². The third-order valence-electron chi connectivity index (χ3n) is 3.47. The van der Waals surface area contributed by atoms with Crippen molar-refractivity contribution in [1.82, 2.24) is 0 Å². The molecule has 0 aliphatic heterocycles. The highest BCUT2D eigenvalue weighted by atomic mass is 32.2. The molecule has 2 rings (SSSR count). The number of thioether (sulfide) groups is 1. The smallest absolute Gasteiger partial charge is 0.162 e. The van der Waals surface area contributed by atoms with Gasteiger partial charge >= 0.3 is 0 Å². The van der Waals surface area contributed by atoms with Crippen LogP contribution in [0.25, 0.3) is 6.08 Å². The molecule has 0 bridgehead atoms. The molecule has 2 radical (unpaired) electrons. The van der Waals surface area contributed by atoms with Crippen LogP contribution in [-0.4, -0.2) is 16.6 Å². The van der Waals surface area contributed by atoms with E-state index in [1.165, 1.54) is 0 Å². The highest BCUT2D eigenvalue weighted by Crippen LogP contribution is 2.27. The van der Waals surface area contributed by atoms with Gasteiger partial charge in [-0.2, -0.15) is 0 Å². The van der Waals surface area contributed by atoms with Crippen LogP contribution in [0.3, 0.4) is 0 Å². The van der Waals surface area contributed by atoms with Gasteiger partial charge in [-0.25, -0.2) is 0 Å². The largest absolute Gasteiger partial charge is 0.384 e. The fourth-order valence-electron chi connectivity index (χ4n) is 2.27. The molecule has 0 saturated carbocycles. The summed E-state index contributed by atoms with van der Waals surface area (Å²) >= 11 is 1.74. The van der Waals surface area contributed by atoms with Gasteiger partial charge in [-0.05, 0) is 47.6 Å². The number of hydrogen-bond acceptors (Lipinski definition) is 3. The molecule has 2 aromatic rings. The summed E-state index contributed by atoms with van der Waals surface area (Å²) in [4.78, 5) is 13.0. The first-order valence-electron chi connectivity index (χ1n) is 7.42. The second-order valence-corrected chi connectivity index (χ2v) is 6.47. The lowest BCUT2D eigenvalue weighted by Gasteiger charge is -2.14. The Bertz CT molecular complexity index is 705. The fraction of sp³-hybridized carbons (Fsp3) is 0.150. The van der Waals surface area contributed by atoms with Crippen LogP contribution in [0.5, 0.6) is 0 Å². The summed E-state index contributed by atoms with van der Waals surface area (Å²) in [6.07, 6.45) is 0.681. The molecule has 2 nitrogen and oxygen atoms in total. The number of aliphatic hydroxyl groups excluding tert-OH is 1. The molecule has 2 aromatic carbocycles. The van der Waals surface area contributed by atoms with Gasteiger partial charge in [0.2, 0.25) is 0 Å². The number of carbonyl (C=O) groups excluding carboxylic acids is 1. The summed E-state index contributed by atoms with van der Waals surface area (Å²) in [5, 5.41) is 10.5. The Balaban J connectivity index is 2.38. The van der Waals surface area contributed by atoms with Crippen molar-refractivity contribution in [2.75, 3.05) is 5.75 Å². The average molecular weight is 324 g/mol. The number of hydrogen-bond donors (Lipinski definition) is 1. The Morgan fingerprint density at radius 3 is 2.52 bits per heavy atom. The van der Waals surface area contributed by atoms with E-state index in [1.807, 2.05) is 36.4 Å². The van der Waals surface area contributed by atoms with E-state index in [0.717, 1.165) is 21.8 Å². The van der Waals surface area contributed by atoms with Crippen molar-refractivity contribution in [1.29, 1.82) is 0 Å². The lowest BCUT2D eigenvalue weighted by atomic mass is 9.95. The molecule has 0 fully saturated rings. The highest BCUT2D eigenvalue weighted by Gasteiger charge is 2.17. The van der Waals surface area contributed by atoms with Crippen molar-refractivity contribution >= 4 is 23.6 Å². The molecule has 1 N–H and O–H groups in total. The Morgan fingerprint density at radius 1 is 1.26 bits per heavy atom. The van der Waals surface area contributed by atoms with Crippen molar-refractivity contribution < 1.29 is 9.90 Å². The van der Waals surface area contributed by atoms with Crippen LogP contribution in [0.2, 0.25) is 0 Å². The molecule has 0 heterocycles. The molecule has 0 aromatic heterocycles. The standard InChI is InChI=1S/C20H20O2S/c1-4-23-18-11-10-17(14(2)12-18)13-19(15(3)21)20(22)16-8-6-5-7-9-16/h5-13,20,22H,2-4H2,1H3/b19-13+. The molecule has 0 spiro atoms. The minimum atomic E-state index is -0.995. The van der Waals surface area contributed by atoms with Crippen LogP contribution in [0, 0.1) is 13.8 Å². The monoisotopic (exact) mass is 324 g/mol. The molecule has 23 heavy (non-hydrogen) atoms. The van der Waals surface area contributed by atoms with E-state index < -0.39 is 11.9 Å². The minimum absolute atomic E-state index is 0.261. The number of ketones is 1. The normalized spacial score (nSPS) is 13.0. The molecule has 118 valence electrons. The topological polar surface area (TPSA) is 37.3 Å². The van der Waals surface area contributed by atoms with Crippen molar-refractivity contribution in [2.45, 2.75) is 17.9 Å². The lowest BCUT2D eigenvalue weighted by molar-refractivity contribution is -0.112. The van der Waals surface area contributed by atoms with Crippen molar-refractivity contribution in [3.8, 4) is 0 Å². The molecule has 0 amide bonds. The Morgan fingerprint density at radius 2 is 1.96 bits per heavy atom. The zero-order valence-corrected chi connectivity index (χ0v) is 14.0. The van der Waals surface area contributed by atoms with E-state index in [-0.39, 0.29) is 5.57 Å². The maximum absolute atomic E-state index is 11.9. The molecular weight excluding hydrogens is 304 g/mol. The summed E-state index contributed by atoms with van der Waals surface area (Å²) < 4.78 is 0. The SMILES string of the molecule is [CH2]C(=O)/C(=C\c1ccc(SCC)cc1[CH2])C(O)c1ccccc1. The van der Waals surface area contributed by atoms with E-state index in [0.29, 0.717) is 5.56 Å². The van der Waals surface area contributed by atoms with E-state index >= 15 is 0 Å². The molecule has 1 unspecified atom stereocenters. The average Bonchev–Trinajstić information content (AvgIpc) is 2.54. The summed E-state index contributed by atoms with van der Waals surface area (Å²) in [6, 6.07) is 15.0. The number of rotatable bonds is 6. The third kappa shape index (κ3) is 4.57. The molecular formula is C20H20O2S. The van der Waals surface area contributed by atoms with Crippen LogP contribution in [-0.2, 0) is 4.79 Å². The Hall–Kier alpha value is -1.84. The maximum atomic E-state index is 11.9. The second-order valence-electron chi connectivity index (χ2n) is 5.13. The van der Waals surface area contributed by atoms with Gasteiger partial charge in [0.15, 0.2) is 5.78 Å². The first kappa shape index (κ1) is 17.5. The quantitative estimate of drug-likeness (QED) is 0.628. The number of benzene rings is 2. The van der Waals surface area contributed by atoms with Crippen molar-refractivity contribution in [3.63, 3.8) is 0 Å². The van der Waals surface area contributed by atoms with Gasteiger partial charge in [0.1, 0.15) is 6.10 Å². The number of carbonyl (C=O) groups is 1. The van der Waals surface area contributed by atoms with E-state index in [9.17, 15) is 9.90 Å². The van der Waals surface area contributed by atoms with Gasteiger partial charge in [-0.3, -0.25) is 4.79 Å². The molecule has 3 heteroatoms. The number of aliphatic hydroxyl groups is 1. The first-order chi connectivity index (χ1) is 11.0. The summed E-state index contributed by atoms with van der Waals surface area (Å²) in [5.74, 6) is 0.594. The molecule has 0 aliphatic rings. The zero-order valence-electron chi connectivity index (χ0n) is 13.2. The molecule has 1 atom stereocenters. The van der Waals surface area contributed by atoms with E-state index in [1.54, 1.807) is 30.0 Å². The van der Waals surface area contributed by atoms with Gasteiger partial charge in [0.25, 0.3) is 0 Å². The molecule has 0 aliphatic carbocycles. The summed E-state index contributed by atoms with van der Waals surface area (Å²) in [6.45, 7) is 9.60. The van der Waals surface area contributed by atoms with Gasteiger partial charge in [0, 0.05) is 17.4 Å². The van der Waals surface area contributed by atoms with Gasteiger partial charge in [0.05, 0.1) is 0 Å². The minimum Gasteiger partial charge on any atom is -0.384 e. The fourth-order valence-corrected chi connectivity index (χ4v) is 3.00. The lowest BCUT2D eigenvalue weighted by Crippen LogP contribution is -2.09. The van der Waals surface area contributed by atoms with Crippen molar-refractivity contribution in [2.24, 2.45) is 0 Å². The van der Waals surface area contributed by atoms with Gasteiger partial charge in [-0.1, -0.05) is 43.3 Å². The number of Topliss-reactive ketones (excluding diaryl/α,β-unsaturated/α-hetero) is 1. The van der Waals surface area contributed by atoms with Crippen LogP contribution in [0.15, 0.2) is 59.0 Å². The van der Waals surface area contributed by atoms with E-state index in [4.69, 9.17) is 0 Å². The van der Waals surface area contributed by atoms with Crippen LogP contribution >= 0.6 is 11.8 Å². The van der Waals surface area contributed by atoms with Crippen LogP contribution in [0.4, 0.5) is 0 Å². The third-order valence-corrected chi connectivity index (χ3v) is 4.34. The molecule has 0 saturated heterocycles. The Kier molecular flexibility index (Phi) is 6.20. The van der Waals surface area contributed by atoms with Crippen LogP contribution < -0.4 is 0 Å². The first-order valence-corrected chi connectivity index (χ1v) is 8.41. The zero-order chi connectivity index (χ0) is 16.8. The van der Waals surface area contributed by atoms with Gasteiger partial charge < -0.3 is 5.11 Å². The predicted molar refractivity (Wildman–Crippen MR) is 97.0 cm³/mol. The second kappa shape index (κ2) is 8.14. The summed E-state index contributed by atoms with van der Waals surface area (Å²) in [5.41, 5.74) is 2.56. The van der Waals surface area contributed by atoms with Crippen molar-refractivity contribution in [3.05, 3.63) is 84.6 Å². The van der Waals surface area contributed by atoms with Crippen LogP contribution in [0.1, 0.15) is 29.7 Å². The van der Waals surface area contributed by atoms with Gasteiger partial charge in [-0.15, -0.1) is 11.8 Å². The summed E-state index contributed by atoms with van der Waals surface area (Å²) in [7, 11) is 0. The maximum Gasteiger partial charge on any atom is 0.162 e. The Labute approximate surface area is 142 Å².